The van der Waals surface area contributed by atoms with Gasteiger partial charge >= 0.3 is 0 Å². The summed E-state index contributed by atoms with van der Waals surface area (Å²) in [5.74, 6) is -0.805. The Morgan fingerprint density at radius 3 is 2.80 bits per heavy atom. The molecular weight excluding hydrogens is 564 g/mol. The fraction of sp³-hybridized carbons (Fsp3) is 0.516. The smallest absolute Gasteiger partial charge is 0.264 e. The molecule has 2 aromatic rings. The van der Waals surface area contributed by atoms with Gasteiger partial charge in [-0.15, -0.1) is 0 Å². The molecule has 41 heavy (non-hydrogen) atoms. The highest BCUT2D eigenvalue weighted by Crippen LogP contribution is 2.46. The summed E-state index contributed by atoms with van der Waals surface area (Å²) in [6.45, 7) is 1.47. The first kappa shape index (κ1) is 28.5. The predicted octanol–water partition coefficient (Wildman–Crippen LogP) is 3.83. The van der Waals surface area contributed by atoms with Crippen molar-refractivity contribution in [3.05, 3.63) is 70.3 Å². The Labute approximate surface area is 246 Å². The third-order valence-corrected chi connectivity index (χ3v) is 11.0. The monoisotopic (exact) mass is 600 g/mol. The van der Waals surface area contributed by atoms with Crippen molar-refractivity contribution in [2.45, 2.75) is 50.0 Å². The van der Waals surface area contributed by atoms with Gasteiger partial charge in [0.25, 0.3) is 5.91 Å². The predicted molar refractivity (Wildman–Crippen MR) is 158 cm³/mol. The third-order valence-electron chi connectivity index (χ3n) is 9.43. The van der Waals surface area contributed by atoms with Crippen LogP contribution in [0.15, 0.2) is 48.6 Å². The standard InChI is InChI=1S/C31H37ClN2O6S/c32-24-8-10-26-21(13-24)4-2-12-31(26)18-34-15-23-6-9-25(23)28(36)5-1-3-20(16-35)17-41(38,39)33-30(37)22-7-11-29(40-19-31)27(34)14-22/h1,3,7-8,10-11,13-14,20,23,25,28,35-36H,2,4-6,9,12,15-19H2,(H,33,37)/b3-1-/t20-,23-,25+,28-,31-/m0/s1. The zero-order valence-corrected chi connectivity index (χ0v) is 24.5. The highest BCUT2D eigenvalue weighted by molar-refractivity contribution is 7.90. The maximum atomic E-state index is 13.2. The number of nitrogens with one attached hydrogen (secondary N) is 1. The minimum atomic E-state index is -4.02. The average molecular weight is 601 g/mol. The molecule has 1 spiro atoms. The van der Waals surface area contributed by atoms with Crippen LogP contribution in [0.2, 0.25) is 5.02 Å². The molecule has 6 rings (SSSR count). The number of ether oxygens (including phenoxy) is 1. The van der Waals surface area contributed by atoms with Crippen molar-refractivity contribution in [3.8, 4) is 5.75 Å². The number of sulfonamides is 1. The number of aryl methyl sites for hydroxylation is 1. The number of carbonyl (C=O) groups is 1. The van der Waals surface area contributed by atoms with Crippen molar-refractivity contribution in [3.63, 3.8) is 0 Å². The number of fused-ring (bicyclic) bond motifs is 4. The largest absolute Gasteiger partial charge is 0.490 e. The lowest BCUT2D eigenvalue weighted by Gasteiger charge is -2.45. The molecule has 1 saturated carbocycles. The summed E-state index contributed by atoms with van der Waals surface area (Å²) in [7, 11) is -4.02. The van der Waals surface area contributed by atoms with Gasteiger partial charge < -0.3 is 19.8 Å². The zero-order valence-electron chi connectivity index (χ0n) is 23.0. The second kappa shape index (κ2) is 11.2. The van der Waals surface area contributed by atoms with E-state index < -0.39 is 33.7 Å². The van der Waals surface area contributed by atoms with E-state index in [-0.39, 0.29) is 29.4 Å². The van der Waals surface area contributed by atoms with Crippen molar-refractivity contribution in [2.75, 3.05) is 37.0 Å². The fourth-order valence-corrected chi connectivity index (χ4v) is 8.60. The third kappa shape index (κ3) is 5.74. The first-order chi connectivity index (χ1) is 19.7. The second-order valence-electron chi connectivity index (χ2n) is 12.2. The molecule has 5 atom stereocenters. The molecule has 0 saturated heterocycles. The van der Waals surface area contributed by atoms with Crippen LogP contribution in [0.5, 0.6) is 5.75 Å². The van der Waals surface area contributed by atoms with Crippen LogP contribution in [-0.2, 0) is 21.9 Å². The van der Waals surface area contributed by atoms with Gasteiger partial charge in [-0.25, -0.2) is 13.1 Å². The molecule has 220 valence electrons. The van der Waals surface area contributed by atoms with E-state index in [0.717, 1.165) is 42.8 Å². The van der Waals surface area contributed by atoms with Gasteiger partial charge in [0.15, 0.2) is 0 Å². The minimum absolute atomic E-state index is 0.108. The number of anilines is 1. The van der Waals surface area contributed by atoms with Crippen molar-refractivity contribution in [1.29, 1.82) is 0 Å². The minimum Gasteiger partial charge on any atom is -0.490 e. The van der Waals surface area contributed by atoms with Crippen molar-refractivity contribution in [1.82, 2.24) is 4.72 Å². The van der Waals surface area contributed by atoms with E-state index in [9.17, 15) is 23.4 Å². The van der Waals surface area contributed by atoms with Crippen molar-refractivity contribution < 1.29 is 28.2 Å². The van der Waals surface area contributed by atoms with Gasteiger partial charge in [0.1, 0.15) is 5.75 Å². The number of amides is 1. The lowest BCUT2D eigenvalue weighted by atomic mass is 9.68. The van der Waals surface area contributed by atoms with Crippen LogP contribution in [-0.4, -0.2) is 62.7 Å². The first-order valence-corrected chi connectivity index (χ1v) is 16.5. The number of hydrogen-bond donors (Lipinski definition) is 3. The number of aliphatic hydroxyl groups excluding tert-OH is 2. The van der Waals surface area contributed by atoms with Crippen LogP contribution < -0.4 is 14.4 Å². The topological polar surface area (TPSA) is 116 Å². The number of carbonyl (C=O) groups excluding carboxylic acids is 1. The van der Waals surface area contributed by atoms with Crippen molar-refractivity contribution in [2.24, 2.45) is 17.8 Å². The molecular formula is C31H37ClN2O6S. The van der Waals surface area contributed by atoms with Gasteiger partial charge in [0, 0.05) is 35.0 Å². The molecule has 2 aliphatic carbocycles. The summed E-state index contributed by atoms with van der Waals surface area (Å²) in [6.07, 6.45) is 8.04. The number of benzene rings is 2. The molecule has 8 nitrogen and oxygen atoms in total. The number of halogens is 1. The molecule has 1 amide bonds. The molecule has 0 unspecified atom stereocenters. The van der Waals surface area contributed by atoms with Crippen LogP contribution >= 0.6 is 11.6 Å². The van der Waals surface area contributed by atoms with E-state index in [0.29, 0.717) is 31.9 Å². The Bertz CT molecular complexity index is 1460. The molecule has 3 N–H and O–H groups in total. The van der Waals surface area contributed by atoms with Gasteiger partial charge in [-0.05, 0) is 91.8 Å². The number of hydrogen-bond acceptors (Lipinski definition) is 7. The molecule has 0 aromatic heterocycles. The number of rotatable bonds is 1. The maximum absolute atomic E-state index is 13.2. The number of nitrogens with zero attached hydrogens (tertiary/aromatic N) is 1. The van der Waals surface area contributed by atoms with Gasteiger partial charge in [-0.3, -0.25) is 4.79 Å². The molecule has 1 fully saturated rings. The molecule has 2 aromatic carbocycles. The van der Waals surface area contributed by atoms with Crippen LogP contribution in [0.25, 0.3) is 0 Å². The Balaban J connectivity index is 1.41. The van der Waals surface area contributed by atoms with Crippen molar-refractivity contribution >= 4 is 33.2 Å². The average Bonchev–Trinajstić information content (AvgIpc) is 3.06. The molecule has 2 heterocycles. The number of aliphatic hydroxyl groups is 2. The molecule has 10 heteroatoms. The molecule has 0 radical (unpaired) electrons. The summed E-state index contributed by atoms with van der Waals surface area (Å²) in [5, 5.41) is 21.5. The van der Waals surface area contributed by atoms with E-state index in [1.807, 2.05) is 6.07 Å². The van der Waals surface area contributed by atoms with E-state index >= 15 is 0 Å². The first-order valence-electron chi connectivity index (χ1n) is 14.5. The second-order valence-corrected chi connectivity index (χ2v) is 14.4. The van der Waals surface area contributed by atoms with Gasteiger partial charge in [0.2, 0.25) is 10.0 Å². The maximum Gasteiger partial charge on any atom is 0.264 e. The van der Waals surface area contributed by atoms with E-state index in [1.165, 1.54) is 11.1 Å². The summed E-state index contributed by atoms with van der Waals surface area (Å²) in [6, 6.07) is 11.2. The highest BCUT2D eigenvalue weighted by atomic mass is 35.5. The summed E-state index contributed by atoms with van der Waals surface area (Å²) in [4.78, 5) is 15.5. The Kier molecular flexibility index (Phi) is 7.82. The Morgan fingerprint density at radius 2 is 2.02 bits per heavy atom. The fourth-order valence-electron chi connectivity index (χ4n) is 7.14. The van der Waals surface area contributed by atoms with Crippen LogP contribution in [0.4, 0.5) is 5.69 Å². The summed E-state index contributed by atoms with van der Waals surface area (Å²) in [5.41, 5.74) is 3.19. The SMILES string of the molecule is O=C1NS(=O)(=O)C[C@H](CO)/C=C\C[C@H](O)[C@@H]2CC[C@H]2CN2C[C@@]3(CCCc4cc(Cl)ccc43)COc3ccc1cc32. The Morgan fingerprint density at radius 1 is 1.17 bits per heavy atom. The zero-order chi connectivity index (χ0) is 28.8. The van der Waals surface area contributed by atoms with Gasteiger partial charge in [-0.1, -0.05) is 29.8 Å². The van der Waals surface area contributed by atoms with Crippen LogP contribution in [0.1, 0.15) is 53.6 Å². The normalized spacial score (nSPS) is 32.0. The van der Waals surface area contributed by atoms with E-state index in [2.05, 4.69) is 21.8 Å². The molecule has 2 aliphatic heterocycles. The molecule has 2 bridgehead atoms. The van der Waals surface area contributed by atoms with E-state index in [4.69, 9.17) is 16.3 Å². The van der Waals surface area contributed by atoms with Gasteiger partial charge in [0.05, 0.1) is 30.8 Å². The lowest BCUT2D eigenvalue weighted by molar-refractivity contribution is 0.0176. The van der Waals surface area contributed by atoms with E-state index in [1.54, 1.807) is 30.4 Å². The summed E-state index contributed by atoms with van der Waals surface area (Å²) >= 11 is 6.37. The quantitative estimate of drug-likeness (QED) is 0.426. The molecule has 4 aliphatic rings. The summed E-state index contributed by atoms with van der Waals surface area (Å²) < 4.78 is 34.3. The van der Waals surface area contributed by atoms with Gasteiger partial charge in [-0.2, -0.15) is 0 Å². The highest BCUT2D eigenvalue weighted by Gasteiger charge is 2.44. The lowest BCUT2D eigenvalue weighted by Crippen LogP contribution is -2.49. The Hall–Kier alpha value is -2.59. The van der Waals surface area contributed by atoms with Crippen LogP contribution in [0, 0.1) is 17.8 Å². The van der Waals surface area contributed by atoms with Crippen LogP contribution in [0.3, 0.4) is 0 Å².